The number of hydrogen-bond acceptors (Lipinski definition) is 4. The van der Waals surface area contributed by atoms with E-state index in [4.69, 9.17) is 0 Å². The van der Waals surface area contributed by atoms with Crippen molar-refractivity contribution in [2.75, 3.05) is 11.1 Å². The van der Waals surface area contributed by atoms with Crippen LogP contribution >= 0.6 is 11.8 Å². The molecule has 0 aliphatic rings. The molecule has 1 aromatic carbocycles. The molecule has 2 N–H and O–H groups in total. The molecule has 1 aromatic heterocycles. The number of aromatic amines is 1. The van der Waals surface area contributed by atoms with Gasteiger partial charge in [0.2, 0.25) is 5.91 Å². The van der Waals surface area contributed by atoms with Crippen molar-refractivity contribution in [2.45, 2.75) is 18.4 Å². The number of H-pyrrole nitrogens is 1. The maximum atomic E-state index is 11.8. The maximum Gasteiger partial charge on any atom is 0.441 e. The molecule has 0 bridgehead atoms. The molecule has 106 valence electrons. The van der Waals surface area contributed by atoms with Gasteiger partial charge >= 0.3 is 10.7 Å². The number of carbonyl (C=O) groups is 1. The fraction of sp³-hybridized carbons (Fsp3) is 0.308. The highest BCUT2D eigenvalue weighted by Crippen LogP contribution is 2.15. The second-order valence-electron chi connectivity index (χ2n) is 4.31. The molecular weight excluding hydrogens is 278 g/mol. The van der Waals surface area contributed by atoms with Crippen LogP contribution in [0.15, 0.2) is 38.6 Å². The summed E-state index contributed by atoms with van der Waals surface area (Å²) >= 11 is 1.29. The average molecular weight is 294 g/mol. The van der Waals surface area contributed by atoms with Crippen molar-refractivity contribution in [3.63, 3.8) is 0 Å². The Morgan fingerprint density at radius 1 is 1.45 bits per heavy atom. The Balaban J connectivity index is 1.85. The Bertz CT molecular complexity index is 663. The van der Waals surface area contributed by atoms with Gasteiger partial charge in [0.1, 0.15) is 0 Å². The lowest BCUT2D eigenvalue weighted by Gasteiger charge is -2.06. The van der Waals surface area contributed by atoms with Crippen molar-refractivity contribution in [3.8, 4) is 0 Å². The van der Waals surface area contributed by atoms with E-state index >= 15 is 0 Å². The normalized spacial score (nSPS) is 10.5. The summed E-state index contributed by atoms with van der Waals surface area (Å²) < 4.78 is 6.12. The largest absolute Gasteiger partial charge is 0.441 e. The van der Waals surface area contributed by atoms with E-state index in [-0.39, 0.29) is 5.91 Å². The highest BCUT2D eigenvalue weighted by molar-refractivity contribution is 7.99. The van der Waals surface area contributed by atoms with Crippen LogP contribution in [0.25, 0.3) is 0 Å². The molecule has 0 radical (unpaired) electrons. The standard InChI is InChI=1S/C13H15N3O3S/c1-9-5-3-4-6-10(9)14-11(17)7-8-20-12-13(18)19-15-16(12)2/h3-6H,7-8H2,1-2H3,(H-,14,15,17,18)/p+1. The maximum absolute atomic E-state index is 11.8. The van der Waals surface area contributed by atoms with Crippen LogP contribution in [0.5, 0.6) is 0 Å². The lowest BCUT2D eigenvalue weighted by Crippen LogP contribution is -2.33. The second-order valence-corrected chi connectivity index (χ2v) is 5.39. The SMILES string of the molecule is Cc1ccccc1NC(=O)CCSc1c(=O)o[nH][n+]1C. The van der Waals surface area contributed by atoms with Crippen LogP contribution in [-0.2, 0) is 11.8 Å². The number of nitrogens with one attached hydrogen (secondary N) is 2. The zero-order chi connectivity index (χ0) is 14.5. The van der Waals surface area contributed by atoms with E-state index in [0.29, 0.717) is 17.2 Å². The van der Waals surface area contributed by atoms with Gasteiger partial charge in [-0.2, -0.15) is 0 Å². The van der Waals surface area contributed by atoms with Crippen LogP contribution in [0.1, 0.15) is 12.0 Å². The van der Waals surface area contributed by atoms with Gasteiger partial charge in [0.15, 0.2) is 7.05 Å². The van der Waals surface area contributed by atoms with Gasteiger partial charge in [-0.1, -0.05) is 22.9 Å². The summed E-state index contributed by atoms with van der Waals surface area (Å²) in [6.07, 6.45) is 0.323. The summed E-state index contributed by atoms with van der Waals surface area (Å²) in [7, 11) is 1.68. The summed E-state index contributed by atoms with van der Waals surface area (Å²) in [5.41, 5.74) is 1.41. The minimum atomic E-state index is -0.420. The molecule has 20 heavy (non-hydrogen) atoms. The predicted molar refractivity (Wildman–Crippen MR) is 75.7 cm³/mol. The van der Waals surface area contributed by atoms with Crippen LogP contribution in [0.2, 0.25) is 0 Å². The molecule has 1 heterocycles. The zero-order valence-electron chi connectivity index (χ0n) is 11.3. The first-order valence-corrected chi connectivity index (χ1v) is 7.12. The number of hydrogen-bond donors (Lipinski definition) is 2. The van der Waals surface area contributed by atoms with Crippen LogP contribution < -0.4 is 15.6 Å². The van der Waals surface area contributed by atoms with Crippen LogP contribution in [0, 0.1) is 6.92 Å². The minimum Gasteiger partial charge on any atom is -0.326 e. The number of benzene rings is 1. The Labute approximate surface area is 120 Å². The van der Waals surface area contributed by atoms with Crippen molar-refractivity contribution < 1.29 is 14.0 Å². The summed E-state index contributed by atoms with van der Waals surface area (Å²) in [6, 6.07) is 7.60. The van der Waals surface area contributed by atoms with Crippen LogP contribution in [0.4, 0.5) is 5.69 Å². The number of rotatable bonds is 5. The van der Waals surface area contributed by atoms with Crippen molar-refractivity contribution >= 4 is 23.4 Å². The van der Waals surface area contributed by atoms with Crippen molar-refractivity contribution in [1.29, 1.82) is 0 Å². The molecule has 7 heteroatoms. The first-order chi connectivity index (χ1) is 9.58. The molecule has 0 aliphatic carbocycles. The van der Waals surface area contributed by atoms with Gasteiger partial charge in [-0.3, -0.25) is 9.32 Å². The highest BCUT2D eigenvalue weighted by Gasteiger charge is 2.18. The number of thioether (sulfide) groups is 1. The topological polar surface area (TPSA) is 79.0 Å². The first kappa shape index (κ1) is 14.4. The third kappa shape index (κ3) is 3.51. The third-order valence-corrected chi connectivity index (χ3v) is 3.86. The lowest BCUT2D eigenvalue weighted by molar-refractivity contribution is -0.772. The van der Waals surface area contributed by atoms with Gasteiger partial charge in [-0.25, -0.2) is 4.79 Å². The molecule has 0 fully saturated rings. The number of para-hydroxylation sites is 1. The van der Waals surface area contributed by atoms with E-state index < -0.39 is 5.63 Å². The number of nitrogens with zero attached hydrogens (tertiary/aromatic N) is 1. The Kier molecular flexibility index (Phi) is 4.62. The second kappa shape index (κ2) is 6.42. The molecule has 1 amide bonds. The monoisotopic (exact) mass is 294 g/mol. The molecule has 2 rings (SSSR count). The van der Waals surface area contributed by atoms with Gasteiger partial charge in [0.25, 0.3) is 0 Å². The summed E-state index contributed by atoms with van der Waals surface area (Å²) in [6.45, 7) is 1.94. The molecule has 0 aliphatic heterocycles. The number of carbonyl (C=O) groups excluding carboxylic acids is 1. The summed E-state index contributed by atoms with van der Waals surface area (Å²) in [5.74, 6) is 0.433. The van der Waals surface area contributed by atoms with Crippen molar-refractivity contribution in [2.24, 2.45) is 7.05 Å². The predicted octanol–water partition coefficient (Wildman–Crippen LogP) is 1.22. The first-order valence-electron chi connectivity index (χ1n) is 6.13. The number of aryl methyl sites for hydroxylation is 2. The van der Waals surface area contributed by atoms with Crippen molar-refractivity contribution in [3.05, 3.63) is 40.2 Å². The van der Waals surface area contributed by atoms with E-state index in [2.05, 4.69) is 15.1 Å². The summed E-state index contributed by atoms with van der Waals surface area (Å²) in [5, 5.41) is 5.73. The summed E-state index contributed by atoms with van der Waals surface area (Å²) in [4.78, 5) is 23.1. The Hall–Kier alpha value is -2.02. The smallest absolute Gasteiger partial charge is 0.326 e. The van der Waals surface area contributed by atoms with E-state index in [1.807, 2.05) is 31.2 Å². The minimum absolute atomic E-state index is 0.0747. The molecule has 0 atom stereocenters. The highest BCUT2D eigenvalue weighted by atomic mass is 32.2. The number of aromatic nitrogens is 2. The van der Waals surface area contributed by atoms with Crippen LogP contribution in [-0.4, -0.2) is 16.9 Å². The molecule has 0 saturated heterocycles. The van der Waals surface area contributed by atoms with Crippen molar-refractivity contribution in [1.82, 2.24) is 5.27 Å². The average Bonchev–Trinajstić information content (AvgIpc) is 2.73. The number of amides is 1. The Morgan fingerprint density at radius 2 is 2.20 bits per heavy atom. The molecule has 0 spiro atoms. The fourth-order valence-corrected chi connectivity index (χ4v) is 2.53. The molecule has 6 nitrogen and oxygen atoms in total. The third-order valence-electron chi connectivity index (χ3n) is 2.74. The zero-order valence-corrected chi connectivity index (χ0v) is 12.1. The fourth-order valence-electron chi connectivity index (χ4n) is 1.65. The Morgan fingerprint density at radius 3 is 2.85 bits per heavy atom. The van der Waals surface area contributed by atoms with E-state index in [9.17, 15) is 9.59 Å². The van der Waals surface area contributed by atoms with E-state index in [1.54, 1.807) is 7.05 Å². The number of anilines is 1. The van der Waals surface area contributed by atoms with Gasteiger partial charge in [0, 0.05) is 17.9 Å². The van der Waals surface area contributed by atoms with Gasteiger partial charge in [-0.05, 0) is 35.6 Å². The molecule has 2 aromatic rings. The van der Waals surface area contributed by atoms with Gasteiger partial charge in [0.05, 0.1) is 0 Å². The van der Waals surface area contributed by atoms with Gasteiger partial charge in [-0.15, -0.1) is 0 Å². The molecule has 0 unspecified atom stereocenters. The lowest BCUT2D eigenvalue weighted by atomic mass is 10.2. The molecular formula is C13H16N3O3S+. The van der Waals surface area contributed by atoms with Crippen LogP contribution in [0.3, 0.4) is 0 Å². The quantitative estimate of drug-likeness (QED) is 0.642. The molecule has 0 saturated carbocycles. The van der Waals surface area contributed by atoms with Gasteiger partial charge < -0.3 is 5.32 Å². The van der Waals surface area contributed by atoms with E-state index in [0.717, 1.165) is 11.3 Å². The van der Waals surface area contributed by atoms with E-state index in [1.165, 1.54) is 16.4 Å².